The molecule has 142 valence electrons. The Hall–Kier alpha value is -3.26. The number of para-hydroxylation sites is 1. The highest BCUT2D eigenvalue weighted by atomic mass is 32.2. The molecule has 0 saturated heterocycles. The Morgan fingerprint density at radius 2 is 2.00 bits per heavy atom. The molecule has 0 saturated carbocycles. The molecule has 2 aliphatic rings. The van der Waals surface area contributed by atoms with Crippen LogP contribution in [0.5, 0.6) is 0 Å². The van der Waals surface area contributed by atoms with Gasteiger partial charge in [-0.25, -0.2) is 0 Å². The van der Waals surface area contributed by atoms with Crippen molar-refractivity contribution in [1.29, 1.82) is 0 Å². The predicted molar refractivity (Wildman–Crippen MR) is 112 cm³/mol. The predicted octanol–water partition coefficient (Wildman–Crippen LogP) is 2.69. The van der Waals surface area contributed by atoms with Crippen LogP contribution in [0.4, 0.5) is 11.4 Å². The summed E-state index contributed by atoms with van der Waals surface area (Å²) >= 11 is 1.28. The Morgan fingerprint density at radius 1 is 1.18 bits per heavy atom. The second-order valence-corrected chi connectivity index (χ2v) is 7.32. The Balaban J connectivity index is 1.37. The van der Waals surface area contributed by atoms with Crippen molar-refractivity contribution in [3.63, 3.8) is 0 Å². The summed E-state index contributed by atoms with van der Waals surface area (Å²) in [5.41, 5.74) is 5.50. The van der Waals surface area contributed by atoms with Crippen LogP contribution in [-0.2, 0) is 9.59 Å². The van der Waals surface area contributed by atoms with E-state index in [2.05, 4.69) is 15.8 Å². The lowest BCUT2D eigenvalue weighted by atomic mass is 10.2. The number of benzene rings is 2. The fourth-order valence-corrected chi connectivity index (χ4v) is 3.74. The van der Waals surface area contributed by atoms with Crippen molar-refractivity contribution in [3.05, 3.63) is 72.6 Å². The Labute approximate surface area is 167 Å². The summed E-state index contributed by atoms with van der Waals surface area (Å²) in [5, 5.41) is 7.68. The number of hydrogen-bond donors (Lipinski definition) is 2. The average molecular weight is 393 g/mol. The quantitative estimate of drug-likeness (QED) is 0.835. The van der Waals surface area contributed by atoms with Crippen LogP contribution in [0.2, 0.25) is 0 Å². The third-order valence-corrected chi connectivity index (χ3v) is 5.26. The van der Waals surface area contributed by atoms with E-state index in [1.807, 2.05) is 61.5 Å². The molecule has 7 nitrogen and oxygen atoms in total. The van der Waals surface area contributed by atoms with Gasteiger partial charge >= 0.3 is 0 Å². The minimum atomic E-state index is -0.604. The molecule has 2 N–H and O–H groups in total. The summed E-state index contributed by atoms with van der Waals surface area (Å²) in [6, 6.07) is 17.1. The number of fused-ring (bicyclic) bond motifs is 1. The van der Waals surface area contributed by atoms with Gasteiger partial charge in [-0.3, -0.25) is 24.8 Å². The lowest BCUT2D eigenvalue weighted by Gasteiger charge is -2.31. The zero-order valence-corrected chi connectivity index (χ0v) is 16.0. The first kappa shape index (κ1) is 18.1. The number of hydrazone groups is 1. The molecule has 0 bridgehead atoms. The van der Waals surface area contributed by atoms with E-state index in [0.29, 0.717) is 5.17 Å². The fraction of sp³-hybridized carbons (Fsp3) is 0.150. The standard InChI is InChI=1S/C20H19N5O2S/c1-14-6-5-7-15(12-14)21-17(26)13-28-20-23-22-18-19(27)24(10-11-25(18)20)16-8-3-2-4-9-16/h2-12,18,22H,13H2,1H3,(H,21,26). The molecule has 0 radical (unpaired) electrons. The van der Waals surface area contributed by atoms with Crippen LogP contribution in [0, 0.1) is 6.92 Å². The first-order valence-corrected chi connectivity index (χ1v) is 9.78. The van der Waals surface area contributed by atoms with E-state index in [-0.39, 0.29) is 17.6 Å². The molecule has 8 heteroatoms. The summed E-state index contributed by atoms with van der Waals surface area (Å²) < 4.78 is 0. The first-order chi connectivity index (χ1) is 13.6. The van der Waals surface area contributed by atoms with Crippen LogP contribution in [0.15, 0.2) is 72.1 Å². The number of nitrogens with zero attached hydrogens (tertiary/aromatic N) is 3. The first-order valence-electron chi connectivity index (χ1n) is 8.79. The molecule has 2 aromatic rings. The number of thioether (sulfide) groups is 1. The number of hydrogen-bond acceptors (Lipinski definition) is 6. The van der Waals surface area contributed by atoms with Crippen molar-refractivity contribution in [1.82, 2.24) is 10.3 Å². The molecule has 28 heavy (non-hydrogen) atoms. The maximum atomic E-state index is 12.8. The van der Waals surface area contributed by atoms with Crippen molar-refractivity contribution in [2.24, 2.45) is 5.10 Å². The number of amidine groups is 1. The number of carbonyl (C=O) groups excluding carboxylic acids is 2. The topological polar surface area (TPSA) is 77.0 Å². The average Bonchev–Trinajstić information content (AvgIpc) is 3.11. The number of nitrogens with one attached hydrogen (secondary N) is 2. The van der Waals surface area contributed by atoms with Crippen LogP contribution < -0.4 is 15.6 Å². The van der Waals surface area contributed by atoms with Crippen molar-refractivity contribution in [3.8, 4) is 0 Å². The van der Waals surface area contributed by atoms with Gasteiger partial charge in [0.1, 0.15) is 0 Å². The second kappa shape index (κ2) is 7.77. The molecule has 0 fully saturated rings. The molecule has 1 unspecified atom stereocenters. The molecule has 4 rings (SSSR count). The van der Waals surface area contributed by atoms with Gasteiger partial charge in [-0.1, -0.05) is 42.1 Å². The number of rotatable bonds is 4. The zero-order valence-electron chi connectivity index (χ0n) is 15.2. The van der Waals surface area contributed by atoms with E-state index in [1.165, 1.54) is 11.8 Å². The van der Waals surface area contributed by atoms with Gasteiger partial charge in [-0.05, 0) is 36.8 Å². The van der Waals surface area contributed by atoms with Crippen molar-refractivity contribution < 1.29 is 9.59 Å². The molecule has 2 amide bonds. The van der Waals surface area contributed by atoms with E-state index in [4.69, 9.17) is 0 Å². The largest absolute Gasteiger partial charge is 0.325 e. The molecule has 2 heterocycles. The van der Waals surface area contributed by atoms with Crippen molar-refractivity contribution >= 4 is 40.1 Å². The highest BCUT2D eigenvalue weighted by molar-refractivity contribution is 8.14. The van der Waals surface area contributed by atoms with E-state index in [0.717, 1.165) is 16.9 Å². The normalized spacial score (nSPS) is 17.8. The van der Waals surface area contributed by atoms with Crippen LogP contribution in [-0.4, -0.2) is 33.8 Å². The summed E-state index contributed by atoms with van der Waals surface area (Å²) in [6.07, 6.45) is 2.90. The summed E-state index contributed by atoms with van der Waals surface area (Å²) in [6.45, 7) is 1.97. The third-order valence-electron chi connectivity index (χ3n) is 4.30. The molecule has 0 aromatic heterocycles. The van der Waals surface area contributed by atoms with Gasteiger partial charge < -0.3 is 5.32 Å². The molecule has 2 aromatic carbocycles. The number of anilines is 2. The lowest BCUT2D eigenvalue weighted by Crippen LogP contribution is -2.52. The minimum Gasteiger partial charge on any atom is -0.325 e. The van der Waals surface area contributed by atoms with E-state index in [9.17, 15) is 9.59 Å². The Bertz CT molecular complexity index is 960. The molecule has 1 atom stereocenters. The van der Waals surface area contributed by atoms with Gasteiger partial charge in [0, 0.05) is 23.8 Å². The molecule has 2 aliphatic heterocycles. The second-order valence-electron chi connectivity index (χ2n) is 6.38. The molecular weight excluding hydrogens is 374 g/mol. The Morgan fingerprint density at radius 3 is 2.79 bits per heavy atom. The summed E-state index contributed by atoms with van der Waals surface area (Å²) in [5.74, 6) is -0.0560. The Kier molecular flexibility index (Phi) is 5.03. The maximum absolute atomic E-state index is 12.8. The van der Waals surface area contributed by atoms with E-state index >= 15 is 0 Å². The van der Waals surface area contributed by atoms with Crippen LogP contribution >= 0.6 is 11.8 Å². The van der Waals surface area contributed by atoms with Crippen molar-refractivity contribution in [2.75, 3.05) is 16.0 Å². The van der Waals surface area contributed by atoms with E-state index < -0.39 is 6.17 Å². The van der Waals surface area contributed by atoms with Crippen LogP contribution in [0.25, 0.3) is 0 Å². The zero-order chi connectivity index (χ0) is 19.5. The molecule has 0 spiro atoms. The van der Waals surface area contributed by atoms with Gasteiger partial charge in [-0.15, -0.1) is 0 Å². The fourth-order valence-electron chi connectivity index (χ4n) is 2.97. The van der Waals surface area contributed by atoms with Crippen molar-refractivity contribution in [2.45, 2.75) is 13.1 Å². The SMILES string of the molecule is Cc1cccc(NC(=O)CSC2=NNC3C(=O)N(c4ccccc4)C=CN23)c1. The molecule has 0 aliphatic carbocycles. The van der Waals surface area contributed by atoms with Gasteiger partial charge in [0.2, 0.25) is 12.1 Å². The monoisotopic (exact) mass is 393 g/mol. The number of aryl methyl sites for hydroxylation is 1. The smallest absolute Gasteiger partial charge is 0.276 e. The van der Waals surface area contributed by atoms with Crippen LogP contribution in [0.1, 0.15) is 5.56 Å². The number of carbonyl (C=O) groups is 2. The summed E-state index contributed by atoms with van der Waals surface area (Å²) in [4.78, 5) is 28.3. The third kappa shape index (κ3) is 3.72. The van der Waals surface area contributed by atoms with Crippen LogP contribution in [0.3, 0.4) is 0 Å². The van der Waals surface area contributed by atoms with Gasteiger partial charge in [0.15, 0.2) is 5.17 Å². The summed E-state index contributed by atoms with van der Waals surface area (Å²) in [7, 11) is 0. The van der Waals surface area contributed by atoms with Gasteiger partial charge in [0.25, 0.3) is 5.91 Å². The lowest BCUT2D eigenvalue weighted by molar-refractivity contribution is -0.122. The highest BCUT2D eigenvalue weighted by Gasteiger charge is 2.38. The minimum absolute atomic E-state index is 0.125. The maximum Gasteiger partial charge on any atom is 0.276 e. The molecular formula is C20H19N5O2S. The highest BCUT2D eigenvalue weighted by Crippen LogP contribution is 2.25. The van der Waals surface area contributed by atoms with Gasteiger partial charge in [-0.2, -0.15) is 5.10 Å². The van der Waals surface area contributed by atoms with Gasteiger partial charge in [0.05, 0.1) is 5.75 Å². The van der Waals surface area contributed by atoms with E-state index in [1.54, 1.807) is 22.2 Å². The number of amides is 2.